The number of benzene rings is 1. The van der Waals surface area contributed by atoms with Gasteiger partial charge in [-0.1, -0.05) is 23.2 Å². The molecule has 2 aromatic rings. The lowest BCUT2D eigenvalue weighted by atomic mass is 10.1. The zero-order valence-corrected chi connectivity index (χ0v) is 11.1. The molecule has 0 aliphatic carbocycles. The number of carbonyl (C=O) groups is 1. The zero-order chi connectivity index (χ0) is 13.1. The third-order valence-corrected chi connectivity index (χ3v) is 3.00. The largest absolute Gasteiger partial charge is 0.310 e. The third-order valence-electron chi connectivity index (χ3n) is 2.45. The van der Waals surface area contributed by atoms with Crippen molar-refractivity contribution < 1.29 is 4.79 Å². The van der Waals surface area contributed by atoms with Crippen LogP contribution in [0.25, 0.3) is 5.70 Å². The highest BCUT2D eigenvalue weighted by molar-refractivity contribution is 6.37. The van der Waals surface area contributed by atoms with Crippen LogP contribution in [0.4, 0.5) is 0 Å². The van der Waals surface area contributed by atoms with Gasteiger partial charge < -0.3 is 4.57 Å². The summed E-state index contributed by atoms with van der Waals surface area (Å²) >= 11 is 11.8. The molecular formula is C13H10Cl2N2O. The number of carbonyl (C=O) groups excluding carboxylic acids is 1. The molecule has 92 valence electrons. The summed E-state index contributed by atoms with van der Waals surface area (Å²) in [5, 5.41) is 0.856. The Labute approximate surface area is 115 Å². The molecule has 0 N–H and O–H groups in total. The van der Waals surface area contributed by atoms with E-state index in [0.717, 1.165) is 5.70 Å². The molecule has 0 saturated carbocycles. The number of nitrogens with zero attached hydrogens (tertiary/aromatic N) is 2. The van der Waals surface area contributed by atoms with Crippen LogP contribution >= 0.6 is 23.2 Å². The predicted octanol–water partition coefficient (Wildman–Crippen LogP) is 3.93. The lowest BCUT2D eigenvalue weighted by Gasteiger charge is -2.03. The van der Waals surface area contributed by atoms with Crippen LogP contribution in [-0.4, -0.2) is 15.3 Å². The van der Waals surface area contributed by atoms with Crippen LogP contribution in [-0.2, 0) is 0 Å². The number of rotatable bonds is 3. The first-order valence-corrected chi connectivity index (χ1v) is 5.99. The molecule has 0 spiro atoms. The molecule has 18 heavy (non-hydrogen) atoms. The summed E-state index contributed by atoms with van der Waals surface area (Å²) in [6.45, 7) is 1.82. The van der Waals surface area contributed by atoms with Gasteiger partial charge in [-0.2, -0.15) is 0 Å². The van der Waals surface area contributed by atoms with Gasteiger partial charge in [0.1, 0.15) is 0 Å². The molecule has 0 unspecified atom stereocenters. The minimum absolute atomic E-state index is 0.164. The maximum atomic E-state index is 12.0. The highest BCUT2D eigenvalue weighted by Gasteiger charge is 2.09. The molecule has 1 aromatic heterocycles. The Bertz CT molecular complexity index is 603. The van der Waals surface area contributed by atoms with Crippen molar-refractivity contribution in [3.8, 4) is 0 Å². The fourth-order valence-corrected chi connectivity index (χ4v) is 2.00. The summed E-state index contributed by atoms with van der Waals surface area (Å²) in [7, 11) is 0. The SMILES string of the molecule is C/C(=C/C(=O)c1ccc(Cl)cc1Cl)n1ccnc1. The van der Waals surface area contributed by atoms with Crippen molar-refractivity contribution >= 4 is 34.7 Å². The molecule has 2 rings (SSSR count). The smallest absolute Gasteiger partial charge is 0.189 e. The second kappa shape index (κ2) is 5.38. The molecule has 0 amide bonds. The topological polar surface area (TPSA) is 34.9 Å². The van der Waals surface area contributed by atoms with E-state index in [2.05, 4.69) is 4.98 Å². The lowest BCUT2D eigenvalue weighted by molar-refractivity contribution is 0.104. The Morgan fingerprint density at radius 3 is 2.78 bits per heavy atom. The van der Waals surface area contributed by atoms with Crippen LogP contribution in [0.2, 0.25) is 10.0 Å². The van der Waals surface area contributed by atoms with Gasteiger partial charge in [0.15, 0.2) is 5.78 Å². The molecule has 5 heteroatoms. The van der Waals surface area contributed by atoms with E-state index in [9.17, 15) is 4.79 Å². The van der Waals surface area contributed by atoms with Gasteiger partial charge in [0, 0.05) is 34.8 Å². The summed E-state index contributed by atoms with van der Waals surface area (Å²) < 4.78 is 1.75. The molecule has 0 fully saturated rings. The number of hydrogen-bond acceptors (Lipinski definition) is 2. The van der Waals surface area contributed by atoms with Crippen molar-refractivity contribution in [2.45, 2.75) is 6.92 Å². The second-order valence-electron chi connectivity index (χ2n) is 3.74. The molecule has 0 bridgehead atoms. The minimum Gasteiger partial charge on any atom is -0.310 e. The Morgan fingerprint density at radius 1 is 1.39 bits per heavy atom. The summed E-state index contributed by atoms with van der Waals surface area (Å²) in [6, 6.07) is 4.81. The molecule has 0 radical (unpaired) electrons. The van der Waals surface area contributed by atoms with Crippen molar-refractivity contribution in [1.82, 2.24) is 9.55 Å². The van der Waals surface area contributed by atoms with E-state index in [4.69, 9.17) is 23.2 Å². The Hall–Kier alpha value is -1.58. The average molecular weight is 281 g/mol. The summed E-state index contributed by atoms with van der Waals surface area (Å²) in [5.74, 6) is -0.164. The number of halogens is 2. The van der Waals surface area contributed by atoms with E-state index in [0.29, 0.717) is 15.6 Å². The van der Waals surface area contributed by atoms with Crippen LogP contribution in [0.15, 0.2) is 43.0 Å². The number of imidazole rings is 1. The average Bonchev–Trinajstić information content (AvgIpc) is 2.81. The molecular weight excluding hydrogens is 271 g/mol. The highest BCUT2D eigenvalue weighted by Crippen LogP contribution is 2.22. The third kappa shape index (κ3) is 2.81. The zero-order valence-electron chi connectivity index (χ0n) is 9.60. The van der Waals surface area contributed by atoms with Crippen LogP contribution in [0.5, 0.6) is 0 Å². The van der Waals surface area contributed by atoms with Crippen molar-refractivity contribution in [1.29, 1.82) is 0 Å². The van der Waals surface area contributed by atoms with Crippen LogP contribution in [0.1, 0.15) is 17.3 Å². The van der Waals surface area contributed by atoms with E-state index in [-0.39, 0.29) is 5.78 Å². The quantitative estimate of drug-likeness (QED) is 0.631. The fourth-order valence-electron chi connectivity index (χ4n) is 1.50. The van der Waals surface area contributed by atoms with E-state index in [1.165, 1.54) is 6.08 Å². The number of ketones is 1. The van der Waals surface area contributed by atoms with E-state index >= 15 is 0 Å². The molecule has 0 aliphatic rings. The number of allylic oxidation sites excluding steroid dienone is 2. The standard InChI is InChI=1S/C13H10Cl2N2O/c1-9(17-5-4-16-8-17)6-13(18)11-3-2-10(14)7-12(11)15/h2-8H,1H3/b9-6-. The Balaban J connectivity index is 2.30. The maximum Gasteiger partial charge on any atom is 0.189 e. The van der Waals surface area contributed by atoms with Gasteiger partial charge in [-0.05, 0) is 25.1 Å². The van der Waals surface area contributed by atoms with E-state index < -0.39 is 0 Å². The van der Waals surface area contributed by atoms with Gasteiger partial charge in [-0.3, -0.25) is 4.79 Å². The van der Waals surface area contributed by atoms with Crippen LogP contribution in [0.3, 0.4) is 0 Å². The molecule has 1 heterocycles. The second-order valence-corrected chi connectivity index (χ2v) is 4.59. The van der Waals surface area contributed by atoms with Gasteiger partial charge in [0.2, 0.25) is 0 Å². The first-order valence-electron chi connectivity index (χ1n) is 5.24. The van der Waals surface area contributed by atoms with Gasteiger partial charge in [0.05, 0.1) is 11.3 Å². The van der Waals surface area contributed by atoms with Gasteiger partial charge >= 0.3 is 0 Å². The summed E-state index contributed by atoms with van der Waals surface area (Å²) in [4.78, 5) is 16.0. The maximum absolute atomic E-state index is 12.0. The summed E-state index contributed by atoms with van der Waals surface area (Å²) in [6.07, 6.45) is 6.55. The fraction of sp³-hybridized carbons (Fsp3) is 0.0769. The van der Waals surface area contributed by atoms with Crippen LogP contribution in [0, 0.1) is 0 Å². The van der Waals surface area contributed by atoms with Gasteiger partial charge in [0.25, 0.3) is 0 Å². The lowest BCUT2D eigenvalue weighted by Crippen LogP contribution is -1.99. The van der Waals surface area contributed by atoms with Crippen LogP contribution < -0.4 is 0 Å². The normalized spacial score (nSPS) is 11.6. The molecule has 0 aliphatic heterocycles. The van der Waals surface area contributed by atoms with Crippen molar-refractivity contribution in [3.63, 3.8) is 0 Å². The predicted molar refractivity (Wildman–Crippen MR) is 73.0 cm³/mol. The Kier molecular flexibility index (Phi) is 3.84. The van der Waals surface area contributed by atoms with E-state index in [1.54, 1.807) is 41.5 Å². The molecule has 1 aromatic carbocycles. The first-order chi connectivity index (χ1) is 8.58. The van der Waals surface area contributed by atoms with Crippen molar-refractivity contribution in [2.24, 2.45) is 0 Å². The van der Waals surface area contributed by atoms with E-state index in [1.807, 2.05) is 6.92 Å². The highest BCUT2D eigenvalue weighted by atomic mass is 35.5. The summed E-state index contributed by atoms with van der Waals surface area (Å²) in [5.41, 5.74) is 1.20. The van der Waals surface area contributed by atoms with Gasteiger partial charge in [-0.15, -0.1) is 0 Å². The van der Waals surface area contributed by atoms with Crippen molar-refractivity contribution in [3.05, 3.63) is 58.6 Å². The molecule has 0 atom stereocenters. The first kappa shape index (κ1) is 12.9. The van der Waals surface area contributed by atoms with Crippen molar-refractivity contribution in [2.75, 3.05) is 0 Å². The van der Waals surface area contributed by atoms with Gasteiger partial charge in [-0.25, -0.2) is 4.98 Å². The number of hydrogen-bond donors (Lipinski definition) is 0. The minimum atomic E-state index is -0.164. The molecule has 0 saturated heterocycles. The molecule has 3 nitrogen and oxygen atoms in total. The monoisotopic (exact) mass is 280 g/mol. The Morgan fingerprint density at radius 2 is 2.17 bits per heavy atom. The number of aromatic nitrogens is 2.